The Kier molecular flexibility index (Phi) is 5.72. The second-order valence-electron chi connectivity index (χ2n) is 8.65. The highest BCUT2D eigenvalue weighted by Gasteiger charge is 2.39. The molecule has 184 valence electrons. The zero-order chi connectivity index (χ0) is 24.9. The molecule has 3 aromatic rings. The van der Waals surface area contributed by atoms with Crippen LogP contribution in [0.25, 0.3) is 11.0 Å². The first-order chi connectivity index (χ1) is 16.8. The van der Waals surface area contributed by atoms with Gasteiger partial charge in [-0.3, -0.25) is 4.79 Å². The number of carbonyl (C=O) groups is 1. The quantitative estimate of drug-likeness (QED) is 0.519. The number of nitrogens with one attached hydrogen (secondary N) is 1. The topological polar surface area (TPSA) is 115 Å². The number of carboxylic acid groups (broad SMARTS) is 1. The van der Waals surface area contributed by atoms with Crippen LogP contribution in [0.1, 0.15) is 22.3 Å². The molecule has 1 aromatic carbocycles. The number of pyridine rings is 2. The van der Waals surface area contributed by atoms with Gasteiger partial charge in [-0.2, -0.15) is 0 Å². The van der Waals surface area contributed by atoms with Gasteiger partial charge in [0.05, 0.1) is 26.7 Å². The fraction of sp³-hybridized carbons (Fsp3) is 0.375. The molecule has 2 fully saturated rings. The molecule has 0 aliphatic carbocycles. The highest BCUT2D eigenvalue weighted by Crippen LogP contribution is 2.38. The highest BCUT2D eigenvalue weighted by atomic mass is 19.1. The minimum atomic E-state index is -1.40. The molecular weight excluding hydrogens is 459 g/mol. The van der Waals surface area contributed by atoms with Gasteiger partial charge < -0.3 is 34.1 Å². The molecular formula is C24H25FN4O6. The van der Waals surface area contributed by atoms with Crippen molar-refractivity contribution >= 4 is 22.8 Å². The van der Waals surface area contributed by atoms with Crippen LogP contribution in [0.4, 0.5) is 10.2 Å². The number of aromatic carboxylic acids is 1. The number of carboxylic acids is 1. The van der Waals surface area contributed by atoms with E-state index in [0.717, 1.165) is 19.0 Å². The number of rotatable bonds is 7. The third-order valence-electron chi connectivity index (χ3n) is 6.62. The first-order valence-electron chi connectivity index (χ1n) is 11.1. The predicted molar refractivity (Wildman–Crippen MR) is 126 cm³/mol. The minimum absolute atomic E-state index is 0.0962. The number of nitrogens with zero attached hydrogens (tertiary/aromatic N) is 3. The molecule has 0 amide bonds. The molecule has 2 aliphatic heterocycles. The number of ether oxygens (including phenoxy) is 3. The van der Waals surface area contributed by atoms with Crippen molar-refractivity contribution in [3.63, 3.8) is 0 Å². The Morgan fingerprint density at radius 3 is 2.46 bits per heavy atom. The molecule has 0 radical (unpaired) electrons. The highest BCUT2D eigenvalue weighted by molar-refractivity contribution is 5.92. The van der Waals surface area contributed by atoms with Gasteiger partial charge in [-0.1, -0.05) is 0 Å². The SMILES string of the molecule is COc1cc(Cn2cc(C(=O)O)c(=O)c3cc(F)c(N4C[C@@H]5C[C@H]4CN5)nc32)cc(OC)c1OC. The molecule has 2 aliphatic rings. The molecule has 2 bridgehead atoms. The predicted octanol–water partition coefficient (Wildman–Crippen LogP) is 1.86. The number of piperazine rings is 1. The Labute approximate surface area is 199 Å². The maximum atomic E-state index is 15.2. The summed E-state index contributed by atoms with van der Waals surface area (Å²) in [5.41, 5.74) is -0.377. The molecule has 4 heterocycles. The third-order valence-corrected chi connectivity index (χ3v) is 6.62. The molecule has 0 unspecified atom stereocenters. The summed E-state index contributed by atoms with van der Waals surface area (Å²) in [4.78, 5) is 31.2. The fourth-order valence-corrected chi connectivity index (χ4v) is 4.99. The maximum absolute atomic E-state index is 15.2. The first kappa shape index (κ1) is 22.9. The van der Waals surface area contributed by atoms with Gasteiger partial charge in [-0.05, 0) is 30.2 Å². The largest absolute Gasteiger partial charge is 0.493 e. The summed E-state index contributed by atoms with van der Waals surface area (Å²) in [5, 5.41) is 12.9. The molecule has 2 aromatic heterocycles. The van der Waals surface area contributed by atoms with E-state index in [1.54, 1.807) is 12.1 Å². The zero-order valence-electron chi connectivity index (χ0n) is 19.5. The van der Waals surface area contributed by atoms with Crippen molar-refractivity contribution in [3.05, 3.63) is 51.6 Å². The summed E-state index contributed by atoms with van der Waals surface area (Å²) >= 11 is 0. The third kappa shape index (κ3) is 3.81. The number of hydrogen-bond donors (Lipinski definition) is 2. The van der Waals surface area contributed by atoms with Gasteiger partial charge in [0.25, 0.3) is 0 Å². The second-order valence-corrected chi connectivity index (χ2v) is 8.65. The van der Waals surface area contributed by atoms with E-state index in [9.17, 15) is 14.7 Å². The molecule has 0 saturated carbocycles. The summed E-state index contributed by atoms with van der Waals surface area (Å²) in [6.45, 7) is 1.48. The zero-order valence-corrected chi connectivity index (χ0v) is 19.5. The average Bonchev–Trinajstić information content (AvgIpc) is 3.48. The summed E-state index contributed by atoms with van der Waals surface area (Å²) in [6, 6.07) is 4.93. The molecule has 2 atom stereocenters. The van der Waals surface area contributed by atoms with E-state index in [1.807, 2.05) is 4.90 Å². The number of fused-ring (bicyclic) bond motifs is 3. The summed E-state index contributed by atoms with van der Waals surface area (Å²) in [6.07, 6.45) is 2.14. The minimum Gasteiger partial charge on any atom is -0.493 e. The number of aromatic nitrogens is 2. The Bertz CT molecular complexity index is 1370. The van der Waals surface area contributed by atoms with E-state index in [-0.39, 0.29) is 35.5 Å². The van der Waals surface area contributed by atoms with Crippen molar-refractivity contribution in [2.75, 3.05) is 39.3 Å². The van der Waals surface area contributed by atoms with Gasteiger partial charge in [-0.15, -0.1) is 0 Å². The lowest BCUT2D eigenvalue weighted by Gasteiger charge is -2.29. The smallest absolute Gasteiger partial charge is 0.341 e. The number of methoxy groups -OCH3 is 3. The lowest BCUT2D eigenvalue weighted by Crippen LogP contribution is -2.44. The van der Waals surface area contributed by atoms with E-state index in [1.165, 1.54) is 32.1 Å². The van der Waals surface area contributed by atoms with Crippen LogP contribution >= 0.6 is 0 Å². The van der Waals surface area contributed by atoms with Crippen LogP contribution in [-0.4, -0.2) is 67.1 Å². The normalized spacial score (nSPS) is 18.8. The monoisotopic (exact) mass is 484 g/mol. The van der Waals surface area contributed by atoms with Crippen LogP contribution in [0.15, 0.2) is 29.2 Å². The van der Waals surface area contributed by atoms with Gasteiger partial charge in [0, 0.05) is 37.9 Å². The van der Waals surface area contributed by atoms with Crippen molar-refractivity contribution in [1.82, 2.24) is 14.9 Å². The Morgan fingerprint density at radius 1 is 1.20 bits per heavy atom. The van der Waals surface area contributed by atoms with Crippen LogP contribution < -0.4 is 29.9 Å². The van der Waals surface area contributed by atoms with Crippen molar-refractivity contribution in [2.45, 2.75) is 25.0 Å². The molecule has 10 nitrogen and oxygen atoms in total. The van der Waals surface area contributed by atoms with E-state index in [0.29, 0.717) is 29.4 Å². The molecule has 2 N–H and O–H groups in total. The number of hydrogen-bond acceptors (Lipinski definition) is 8. The van der Waals surface area contributed by atoms with Crippen molar-refractivity contribution in [3.8, 4) is 17.2 Å². The summed E-state index contributed by atoms with van der Waals surface area (Å²) in [5.74, 6) is -0.633. The van der Waals surface area contributed by atoms with E-state index in [2.05, 4.69) is 10.3 Å². The van der Waals surface area contributed by atoms with Gasteiger partial charge >= 0.3 is 5.97 Å². The lowest BCUT2D eigenvalue weighted by molar-refractivity contribution is 0.0695. The van der Waals surface area contributed by atoms with E-state index >= 15 is 4.39 Å². The summed E-state index contributed by atoms with van der Waals surface area (Å²) in [7, 11) is 4.48. The van der Waals surface area contributed by atoms with Crippen LogP contribution in [0, 0.1) is 5.82 Å². The Morgan fingerprint density at radius 2 is 1.91 bits per heavy atom. The fourth-order valence-electron chi connectivity index (χ4n) is 4.99. The van der Waals surface area contributed by atoms with Crippen LogP contribution in [0.2, 0.25) is 0 Å². The first-order valence-corrected chi connectivity index (χ1v) is 11.1. The Hall–Kier alpha value is -3.86. The molecule has 0 spiro atoms. The second kappa shape index (κ2) is 8.73. The number of anilines is 1. The lowest BCUT2D eigenvalue weighted by atomic mass is 10.1. The van der Waals surface area contributed by atoms with E-state index < -0.39 is 22.8 Å². The van der Waals surface area contributed by atoms with Gasteiger partial charge in [-0.25, -0.2) is 14.2 Å². The van der Waals surface area contributed by atoms with Crippen LogP contribution in [0.5, 0.6) is 17.2 Å². The maximum Gasteiger partial charge on any atom is 0.341 e. The van der Waals surface area contributed by atoms with Crippen LogP contribution in [0.3, 0.4) is 0 Å². The van der Waals surface area contributed by atoms with E-state index in [4.69, 9.17) is 14.2 Å². The molecule has 2 saturated heterocycles. The number of halogens is 1. The van der Waals surface area contributed by atoms with Gasteiger partial charge in [0.15, 0.2) is 23.1 Å². The molecule has 35 heavy (non-hydrogen) atoms. The van der Waals surface area contributed by atoms with Gasteiger partial charge in [0.2, 0.25) is 11.2 Å². The number of benzene rings is 1. The average molecular weight is 484 g/mol. The van der Waals surface area contributed by atoms with Crippen LogP contribution in [-0.2, 0) is 6.54 Å². The molecule has 11 heteroatoms. The van der Waals surface area contributed by atoms with Crippen molar-refractivity contribution in [2.24, 2.45) is 0 Å². The summed E-state index contributed by atoms with van der Waals surface area (Å²) < 4.78 is 32.9. The van der Waals surface area contributed by atoms with Crippen molar-refractivity contribution < 1.29 is 28.5 Å². The molecule has 5 rings (SSSR count). The van der Waals surface area contributed by atoms with Gasteiger partial charge in [0.1, 0.15) is 11.2 Å². The van der Waals surface area contributed by atoms with Crippen molar-refractivity contribution in [1.29, 1.82) is 0 Å². The Balaban J connectivity index is 1.68. The standard InChI is InChI=1S/C24H25FN4O6/c1-33-18-4-12(5-19(34-2)21(18)35-3)9-28-11-16(24(31)32)20(30)15-7-17(25)23(27-22(15)28)29-10-13-6-14(29)8-26-13/h4-5,7,11,13-14,26H,6,8-10H2,1-3H3,(H,31,32)/t13-,14-/m0/s1.